The Balaban J connectivity index is 2.30. The number of pyridine rings is 1. The van der Waals surface area contributed by atoms with E-state index in [1.807, 2.05) is 0 Å². The lowest BCUT2D eigenvalue weighted by Gasteiger charge is -2.37. The summed E-state index contributed by atoms with van der Waals surface area (Å²) in [5.74, 6) is 1.64. The molecule has 2 atom stereocenters. The van der Waals surface area contributed by atoms with Crippen LogP contribution in [0.25, 0.3) is 0 Å². The molecule has 1 saturated heterocycles. The highest BCUT2D eigenvalue weighted by Crippen LogP contribution is 2.28. The fourth-order valence-corrected chi connectivity index (χ4v) is 2.78. The lowest BCUT2D eigenvalue weighted by atomic mass is 9.90. The summed E-state index contributed by atoms with van der Waals surface area (Å²) in [6, 6.07) is 4.25. The Morgan fingerprint density at radius 1 is 1.38 bits per heavy atom. The van der Waals surface area contributed by atoms with E-state index in [9.17, 15) is 0 Å². The molecule has 118 valence electrons. The molecule has 2 N–H and O–H groups in total. The van der Waals surface area contributed by atoms with Gasteiger partial charge in [-0.1, -0.05) is 27.7 Å². The summed E-state index contributed by atoms with van der Waals surface area (Å²) in [5.41, 5.74) is 8.15. The minimum Gasteiger partial charge on any atom is -0.379 e. The van der Waals surface area contributed by atoms with Gasteiger partial charge in [-0.2, -0.15) is 0 Å². The third kappa shape index (κ3) is 3.74. The molecule has 0 aromatic carbocycles. The SMILES string of the molecule is COC1CN(c2cc(CN)cc(C(C)(C)C)n2)CCC1C. The van der Waals surface area contributed by atoms with Crippen molar-refractivity contribution < 1.29 is 4.74 Å². The van der Waals surface area contributed by atoms with Crippen molar-refractivity contribution in [3.63, 3.8) is 0 Å². The van der Waals surface area contributed by atoms with Crippen LogP contribution in [0.5, 0.6) is 0 Å². The first kappa shape index (κ1) is 16.2. The second-order valence-corrected chi connectivity index (χ2v) is 7.16. The Kier molecular flexibility index (Phi) is 4.89. The lowest BCUT2D eigenvalue weighted by molar-refractivity contribution is 0.0496. The molecule has 1 aliphatic heterocycles. The standard InChI is InChI=1S/C17H29N3O/c1-12-6-7-20(11-14(12)21-5)16-9-13(10-18)8-15(19-16)17(2,3)4/h8-9,12,14H,6-7,10-11,18H2,1-5H3. The molecular weight excluding hydrogens is 262 g/mol. The number of aromatic nitrogens is 1. The summed E-state index contributed by atoms with van der Waals surface area (Å²) in [6.07, 6.45) is 1.41. The zero-order valence-electron chi connectivity index (χ0n) is 14.0. The third-order valence-corrected chi connectivity index (χ3v) is 4.39. The molecule has 4 heteroatoms. The van der Waals surface area contributed by atoms with Gasteiger partial charge in [0.15, 0.2) is 0 Å². The van der Waals surface area contributed by atoms with Crippen LogP contribution in [0, 0.1) is 5.92 Å². The van der Waals surface area contributed by atoms with Crippen molar-refractivity contribution in [3.8, 4) is 0 Å². The maximum atomic E-state index is 5.86. The summed E-state index contributed by atoms with van der Waals surface area (Å²) >= 11 is 0. The minimum absolute atomic E-state index is 0.0314. The van der Waals surface area contributed by atoms with Crippen LogP contribution in [0.2, 0.25) is 0 Å². The summed E-state index contributed by atoms with van der Waals surface area (Å²) in [7, 11) is 1.80. The molecule has 1 aromatic heterocycles. The first-order valence-corrected chi connectivity index (χ1v) is 7.84. The number of hydrogen-bond acceptors (Lipinski definition) is 4. The predicted octanol–water partition coefficient (Wildman–Crippen LogP) is 2.70. The zero-order valence-corrected chi connectivity index (χ0v) is 14.0. The number of ether oxygens (including phenoxy) is 1. The maximum absolute atomic E-state index is 5.86. The second-order valence-electron chi connectivity index (χ2n) is 7.16. The summed E-state index contributed by atoms with van der Waals surface area (Å²) in [6.45, 7) is 11.3. The van der Waals surface area contributed by atoms with Crippen LogP contribution in [-0.4, -0.2) is 31.3 Å². The predicted molar refractivity (Wildman–Crippen MR) is 87.6 cm³/mol. The van der Waals surface area contributed by atoms with Gasteiger partial charge in [0.25, 0.3) is 0 Å². The highest BCUT2D eigenvalue weighted by molar-refractivity contribution is 5.44. The highest BCUT2D eigenvalue weighted by atomic mass is 16.5. The van der Waals surface area contributed by atoms with Gasteiger partial charge in [0.05, 0.1) is 6.10 Å². The number of anilines is 1. The molecule has 1 aromatic rings. The van der Waals surface area contributed by atoms with E-state index in [-0.39, 0.29) is 11.5 Å². The van der Waals surface area contributed by atoms with Crippen LogP contribution < -0.4 is 10.6 Å². The van der Waals surface area contributed by atoms with E-state index in [4.69, 9.17) is 15.5 Å². The van der Waals surface area contributed by atoms with Crippen LogP contribution >= 0.6 is 0 Å². The van der Waals surface area contributed by atoms with Gasteiger partial charge in [0, 0.05) is 37.9 Å². The normalized spacial score (nSPS) is 23.4. The van der Waals surface area contributed by atoms with E-state index in [0.717, 1.165) is 36.6 Å². The van der Waals surface area contributed by atoms with Crippen LogP contribution in [0.1, 0.15) is 45.4 Å². The smallest absolute Gasteiger partial charge is 0.129 e. The molecule has 1 aliphatic rings. The molecule has 0 aliphatic carbocycles. The van der Waals surface area contributed by atoms with Crippen molar-refractivity contribution in [2.24, 2.45) is 11.7 Å². The fourth-order valence-electron chi connectivity index (χ4n) is 2.78. The van der Waals surface area contributed by atoms with Crippen molar-refractivity contribution in [2.45, 2.75) is 52.2 Å². The molecule has 0 bridgehead atoms. The quantitative estimate of drug-likeness (QED) is 0.930. The second kappa shape index (κ2) is 6.32. The molecule has 1 fully saturated rings. The van der Waals surface area contributed by atoms with Crippen molar-refractivity contribution in [3.05, 3.63) is 23.4 Å². The van der Waals surface area contributed by atoms with E-state index >= 15 is 0 Å². The first-order chi connectivity index (χ1) is 9.85. The number of piperidine rings is 1. The third-order valence-electron chi connectivity index (χ3n) is 4.39. The van der Waals surface area contributed by atoms with Crippen molar-refractivity contribution in [1.29, 1.82) is 0 Å². The molecule has 4 nitrogen and oxygen atoms in total. The number of rotatable bonds is 3. The molecular formula is C17H29N3O. The Hall–Kier alpha value is -1.13. The largest absolute Gasteiger partial charge is 0.379 e. The van der Waals surface area contributed by atoms with Gasteiger partial charge in [-0.15, -0.1) is 0 Å². The molecule has 0 saturated carbocycles. The molecule has 0 spiro atoms. The summed E-state index contributed by atoms with van der Waals surface area (Å²) in [5, 5.41) is 0. The molecule has 21 heavy (non-hydrogen) atoms. The monoisotopic (exact) mass is 291 g/mol. The molecule has 2 heterocycles. The minimum atomic E-state index is 0.0314. The van der Waals surface area contributed by atoms with E-state index < -0.39 is 0 Å². The van der Waals surface area contributed by atoms with E-state index in [0.29, 0.717) is 12.5 Å². The zero-order chi connectivity index (χ0) is 15.6. The van der Waals surface area contributed by atoms with Crippen molar-refractivity contribution >= 4 is 5.82 Å². The summed E-state index contributed by atoms with van der Waals surface area (Å²) < 4.78 is 5.62. The maximum Gasteiger partial charge on any atom is 0.129 e. The lowest BCUT2D eigenvalue weighted by Crippen LogP contribution is -2.44. The van der Waals surface area contributed by atoms with Gasteiger partial charge in [-0.3, -0.25) is 0 Å². The highest BCUT2D eigenvalue weighted by Gasteiger charge is 2.27. The number of nitrogens with zero attached hydrogens (tertiary/aromatic N) is 2. The van der Waals surface area contributed by atoms with Crippen molar-refractivity contribution in [2.75, 3.05) is 25.1 Å². The average molecular weight is 291 g/mol. The first-order valence-electron chi connectivity index (χ1n) is 7.84. The molecule has 0 radical (unpaired) electrons. The average Bonchev–Trinajstić information content (AvgIpc) is 2.46. The Morgan fingerprint density at radius 2 is 2.10 bits per heavy atom. The van der Waals surface area contributed by atoms with E-state index in [2.05, 4.69) is 44.7 Å². The number of hydrogen-bond donors (Lipinski definition) is 1. The molecule has 2 rings (SSSR count). The molecule has 0 amide bonds. The fraction of sp³-hybridized carbons (Fsp3) is 0.706. The van der Waals surface area contributed by atoms with Crippen LogP contribution in [-0.2, 0) is 16.7 Å². The Bertz CT molecular complexity index is 481. The summed E-state index contributed by atoms with van der Waals surface area (Å²) in [4.78, 5) is 7.22. The van der Waals surface area contributed by atoms with Gasteiger partial charge < -0.3 is 15.4 Å². The van der Waals surface area contributed by atoms with Crippen LogP contribution in [0.3, 0.4) is 0 Å². The van der Waals surface area contributed by atoms with Crippen molar-refractivity contribution in [1.82, 2.24) is 4.98 Å². The van der Waals surface area contributed by atoms with Crippen LogP contribution in [0.15, 0.2) is 12.1 Å². The Labute approximate surface area is 128 Å². The van der Waals surface area contributed by atoms with Gasteiger partial charge in [0.1, 0.15) is 5.82 Å². The van der Waals surface area contributed by atoms with Gasteiger partial charge in [-0.05, 0) is 30.0 Å². The number of nitrogens with two attached hydrogens (primary N) is 1. The van der Waals surface area contributed by atoms with Gasteiger partial charge >= 0.3 is 0 Å². The number of methoxy groups -OCH3 is 1. The van der Waals surface area contributed by atoms with E-state index in [1.54, 1.807) is 7.11 Å². The van der Waals surface area contributed by atoms with E-state index in [1.165, 1.54) is 0 Å². The topological polar surface area (TPSA) is 51.4 Å². The van der Waals surface area contributed by atoms with Gasteiger partial charge in [-0.25, -0.2) is 4.98 Å². The Morgan fingerprint density at radius 3 is 2.67 bits per heavy atom. The van der Waals surface area contributed by atoms with Crippen LogP contribution in [0.4, 0.5) is 5.82 Å². The molecule has 2 unspecified atom stereocenters. The van der Waals surface area contributed by atoms with Gasteiger partial charge in [0.2, 0.25) is 0 Å².